The minimum absolute atomic E-state index is 0.118. The molecule has 0 bridgehead atoms. The van der Waals surface area contributed by atoms with Crippen LogP contribution in [0.3, 0.4) is 0 Å². The Hall–Kier alpha value is -2.73. The summed E-state index contributed by atoms with van der Waals surface area (Å²) in [6.45, 7) is 1.08. The normalized spacial score (nSPS) is 17.8. The molecule has 25 heavy (non-hydrogen) atoms. The number of morpholine rings is 1. The van der Waals surface area contributed by atoms with Crippen LogP contribution in [0.5, 0.6) is 0 Å². The van der Waals surface area contributed by atoms with Crippen molar-refractivity contribution in [3.63, 3.8) is 0 Å². The summed E-state index contributed by atoms with van der Waals surface area (Å²) < 4.78 is 24.1. The number of carbonyl (C=O) groups is 2. The average Bonchev–Trinajstić information content (AvgIpc) is 3.16. The smallest absolute Gasteiger partial charge is 0.246 e. The first kappa shape index (κ1) is 17.1. The van der Waals surface area contributed by atoms with Gasteiger partial charge in [-0.3, -0.25) is 9.59 Å². The lowest BCUT2D eigenvalue weighted by Gasteiger charge is -2.34. The Balaban J connectivity index is 1.68. The van der Waals surface area contributed by atoms with Gasteiger partial charge in [0, 0.05) is 24.6 Å². The van der Waals surface area contributed by atoms with Crippen LogP contribution in [-0.4, -0.2) is 42.4 Å². The summed E-state index contributed by atoms with van der Waals surface area (Å²) in [7, 11) is 0. The van der Waals surface area contributed by atoms with Gasteiger partial charge in [0.2, 0.25) is 5.91 Å². The number of halogens is 1. The lowest BCUT2D eigenvalue weighted by molar-refractivity contribution is -0.134. The van der Waals surface area contributed by atoms with Crippen LogP contribution in [0.2, 0.25) is 0 Å². The molecule has 1 saturated heterocycles. The predicted molar refractivity (Wildman–Crippen MR) is 89.4 cm³/mol. The molecule has 5 nitrogen and oxygen atoms in total. The summed E-state index contributed by atoms with van der Waals surface area (Å²) in [4.78, 5) is 26.3. The summed E-state index contributed by atoms with van der Waals surface area (Å²) in [5.74, 6) is -0.585. The number of hydrogen-bond acceptors (Lipinski definition) is 4. The highest BCUT2D eigenvalue weighted by atomic mass is 19.1. The van der Waals surface area contributed by atoms with Gasteiger partial charge in [-0.05, 0) is 24.3 Å². The molecule has 1 aliphatic rings. The molecule has 1 unspecified atom stereocenters. The van der Waals surface area contributed by atoms with Gasteiger partial charge in [-0.2, -0.15) is 0 Å². The van der Waals surface area contributed by atoms with Crippen LogP contribution in [0.1, 0.15) is 22.5 Å². The molecule has 1 aromatic heterocycles. The van der Waals surface area contributed by atoms with E-state index in [4.69, 9.17) is 9.15 Å². The van der Waals surface area contributed by atoms with Crippen molar-refractivity contribution < 1.29 is 23.1 Å². The number of amides is 1. The Bertz CT molecular complexity index is 769. The molecule has 1 aromatic carbocycles. The Labute approximate surface area is 144 Å². The van der Waals surface area contributed by atoms with E-state index in [2.05, 4.69) is 0 Å². The highest BCUT2D eigenvalue weighted by Crippen LogP contribution is 2.16. The van der Waals surface area contributed by atoms with Gasteiger partial charge in [-0.15, -0.1) is 0 Å². The van der Waals surface area contributed by atoms with E-state index in [-0.39, 0.29) is 36.5 Å². The zero-order valence-corrected chi connectivity index (χ0v) is 13.6. The molecule has 0 spiro atoms. The number of ether oxygens (including phenoxy) is 1. The van der Waals surface area contributed by atoms with Gasteiger partial charge in [0.25, 0.3) is 0 Å². The minimum Gasteiger partial charge on any atom is -0.461 e. The van der Waals surface area contributed by atoms with Crippen molar-refractivity contribution in [1.82, 2.24) is 4.90 Å². The first-order valence-electron chi connectivity index (χ1n) is 8.03. The van der Waals surface area contributed by atoms with E-state index in [9.17, 15) is 14.0 Å². The molecule has 0 N–H and O–H groups in total. The van der Waals surface area contributed by atoms with Crippen molar-refractivity contribution in [2.24, 2.45) is 0 Å². The number of nitrogens with zero attached hydrogens (tertiary/aromatic N) is 1. The molecule has 130 valence electrons. The quantitative estimate of drug-likeness (QED) is 0.619. The molecule has 0 saturated carbocycles. The van der Waals surface area contributed by atoms with Gasteiger partial charge >= 0.3 is 0 Å². The molecule has 2 aromatic rings. The molecule has 1 amide bonds. The third-order valence-electron chi connectivity index (χ3n) is 4.04. The first-order valence-corrected chi connectivity index (χ1v) is 8.03. The van der Waals surface area contributed by atoms with Crippen molar-refractivity contribution in [1.29, 1.82) is 0 Å². The Morgan fingerprint density at radius 3 is 2.84 bits per heavy atom. The molecule has 3 rings (SSSR count). The van der Waals surface area contributed by atoms with Gasteiger partial charge in [0.15, 0.2) is 11.5 Å². The van der Waals surface area contributed by atoms with Crippen molar-refractivity contribution in [3.05, 3.63) is 65.9 Å². The number of carbonyl (C=O) groups excluding carboxylic acids is 2. The lowest BCUT2D eigenvalue weighted by atomic mass is 10.1. The average molecular weight is 343 g/mol. The summed E-state index contributed by atoms with van der Waals surface area (Å²) in [6, 6.07) is 9.09. The standard InChI is InChI=1S/C19H18FNO4/c20-16-5-2-1-4-14(16)7-8-19(23)21-9-11-24-13-15(21)12-17(22)18-6-3-10-25-18/h1-8,10,15H,9,11-13H2/b8-7+. The van der Waals surface area contributed by atoms with E-state index < -0.39 is 5.82 Å². The number of furan rings is 1. The topological polar surface area (TPSA) is 59.8 Å². The fourth-order valence-electron chi connectivity index (χ4n) is 2.73. The molecular formula is C19H18FNO4. The number of hydrogen-bond donors (Lipinski definition) is 0. The molecular weight excluding hydrogens is 325 g/mol. The maximum absolute atomic E-state index is 13.6. The minimum atomic E-state index is -0.391. The Morgan fingerprint density at radius 2 is 2.08 bits per heavy atom. The van der Waals surface area contributed by atoms with E-state index in [1.807, 2.05) is 0 Å². The van der Waals surface area contributed by atoms with E-state index >= 15 is 0 Å². The van der Waals surface area contributed by atoms with E-state index in [0.29, 0.717) is 18.7 Å². The first-order chi connectivity index (χ1) is 12.1. The van der Waals surface area contributed by atoms with Crippen molar-refractivity contribution in [2.45, 2.75) is 12.5 Å². The summed E-state index contributed by atoms with van der Waals surface area (Å²) in [5.41, 5.74) is 0.340. The molecule has 1 fully saturated rings. The van der Waals surface area contributed by atoms with Gasteiger partial charge in [0.05, 0.1) is 25.5 Å². The highest BCUT2D eigenvalue weighted by Gasteiger charge is 2.29. The van der Waals surface area contributed by atoms with Crippen LogP contribution in [0.4, 0.5) is 4.39 Å². The van der Waals surface area contributed by atoms with Crippen molar-refractivity contribution in [2.75, 3.05) is 19.8 Å². The van der Waals surface area contributed by atoms with Crippen LogP contribution in [0.15, 0.2) is 53.2 Å². The van der Waals surface area contributed by atoms with E-state index in [0.717, 1.165) is 0 Å². The number of benzene rings is 1. The van der Waals surface area contributed by atoms with E-state index in [1.54, 1.807) is 35.2 Å². The molecule has 0 radical (unpaired) electrons. The second-order valence-corrected chi connectivity index (χ2v) is 5.72. The maximum atomic E-state index is 13.6. The number of ketones is 1. The van der Waals surface area contributed by atoms with Crippen LogP contribution in [0, 0.1) is 5.82 Å². The molecule has 1 aliphatic heterocycles. The third-order valence-corrected chi connectivity index (χ3v) is 4.04. The summed E-state index contributed by atoms with van der Waals surface area (Å²) >= 11 is 0. The second-order valence-electron chi connectivity index (χ2n) is 5.72. The SMILES string of the molecule is O=C(CC1COCCN1C(=O)/C=C/c1ccccc1F)c1ccco1. The monoisotopic (exact) mass is 343 g/mol. The van der Waals surface area contributed by atoms with E-state index in [1.165, 1.54) is 24.5 Å². The number of rotatable bonds is 5. The highest BCUT2D eigenvalue weighted by molar-refractivity contribution is 5.95. The Morgan fingerprint density at radius 1 is 1.24 bits per heavy atom. The second kappa shape index (κ2) is 7.90. The fourth-order valence-corrected chi connectivity index (χ4v) is 2.73. The van der Waals surface area contributed by atoms with Gasteiger partial charge < -0.3 is 14.1 Å². The van der Waals surface area contributed by atoms with Gasteiger partial charge in [-0.1, -0.05) is 18.2 Å². The van der Waals surface area contributed by atoms with Crippen LogP contribution >= 0.6 is 0 Å². The molecule has 2 heterocycles. The zero-order valence-electron chi connectivity index (χ0n) is 13.6. The number of Topliss-reactive ketones (excluding diaryl/α,β-unsaturated/α-hetero) is 1. The van der Waals surface area contributed by atoms with Crippen LogP contribution in [-0.2, 0) is 9.53 Å². The van der Waals surface area contributed by atoms with Crippen molar-refractivity contribution >= 4 is 17.8 Å². The fraction of sp³-hybridized carbons (Fsp3) is 0.263. The third kappa shape index (κ3) is 4.22. The maximum Gasteiger partial charge on any atom is 0.246 e. The zero-order chi connectivity index (χ0) is 17.6. The van der Waals surface area contributed by atoms with Crippen molar-refractivity contribution in [3.8, 4) is 0 Å². The summed E-state index contributed by atoms with van der Waals surface area (Å²) in [6.07, 6.45) is 4.32. The van der Waals surface area contributed by atoms with Gasteiger partial charge in [0.1, 0.15) is 5.82 Å². The van der Waals surface area contributed by atoms with Gasteiger partial charge in [-0.25, -0.2) is 4.39 Å². The molecule has 1 atom stereocenters. The van der Waals surface area contributed by atoms with Crippen LogP contribution < -0.4 is 0 Å². The predicted octanol–water partition coefficient (Wildman–Crippen LogP) is 2.93. The lowest BCUT2D eigenvalue weighted by Crippen LogP contribution is -2.49. The molecule has 0 aliphatic carbocycles. The Kier molecular flexibility index (Phi) is 5.40. The summed E-state index contributed by atoms with van der Waals surface area (Å²) in [5, 5.41) is 0. The van der Waals surface area contributed by atoms with Crippen LogP contribution in [0.25, 0.3) is 6.08 Å². The largest absolute Gasteiger partial charge is 0.461 e. The molecule has 6 heteroatoms.